The second-order valence-electron chi connectivity index (χ2n) is 6.40. The number of methoxy groups -OCH3 is 1. The summed E-state index contributed by atoms with van der Waals surface area (Å²) in [6.45, 7) is 8.29. The van der Waals surface area contributed by atoms with E-state index in [0.717, 1.165) is 38.5 Å². The minimum absolute atomic E-state index is 0.102. The summed E-state index contributed by atoms with van der Waals surface area (Å²) in [7, 11) is 1.53. The molecule has 0 aromatic rings. The Morgan fingerprint density at radius 2 is 1.44 bits per heavy atom. The molecule has 0 aromatic heterocycles. The molecule has 0 spiro atoms. The van der Waals surface area contributed by atoms with Gasteiger partial charge in [-0.1, -0.05) is 40.0 Å². The average molecular weight is 360 g/mol. The number of hydrogen-bond acceptors (Lipinski definition) is 6. The molecule has 0 aliphatic carbocycles. The first-order valence-electron chi connectivity index (χ1n) is 9.72. The maximum atomic E-state index is 12.9. The molecule has 0 aromatic carbocycles. The first-order valence-corrected chi connectivity index (χ1v) is 9.72. The van der Waals surface area contributed by atoms with Crippen molar-refractivity contribution in [2.24, 2.45) is 0 Å². The summed E-state index contributed by atoms with van der Waals surface area (Å²) in [5.74, 6) is -0.102. The zero-order valence-electron chi connectivity index (χ0n) is 16.3. The number of carbonyl (C=O) groups excluding carboxylic acids is 1. The standard InChI is InChI=1S/C19H36O6/c1-5-8-11-22-14-15-17(23-12-9-6-2)16(20)18(19(21-4)25-15)24-13-10-7-3/h15,17-19H,5-14H2,1-4H3/t15?,17-,18-,19+/m0/s1. The third-order valence-corrected chi connectivity index (χ3v) is 4.20. The molecule has 1 aliphatic heterocycles. The lowest BCUT2D eigenvalue weighted by Crippen LogP contribution is -2.58. The Bertz CT molecular complexity index is 349. The minimum Gasteiger partial charge on any atom is -0.379 e. The Balaban J connectivity index is 2.71. The second-order valence-corrected chi connectivity index (χ2v) is 6.40. The molecule has 148 valence electrons. The first-order chi connectivity index (χ1) is 12.2. The summed E-state index contributed by atoms with van der Waals surface area (Å²) in [5.41, 5.74) is 0. The van der Waals surface area contributed by atoms with Gasteiger partial charge in [-0.2, -0.15) is 0 Å². The van der Waals surface area contributed by atoms with Crippen molar-refractivity contribution < 1.29 is 28.5 Å². The van der Waals surface area contributed by atoms with Crippen LogP contribution in [0.2, 0.25) is 0 Å². The molecule has 0 amide bonds. The molecule has 6 nitrogen and oxygen atoms in total. The minimum atomic E-state index is -0.741. The highest BCUT2D eigenvalue weighted by molar-refractivity contribution is 5.89. The van der Waals surface area contributed by atoms with E-state index in [1.807, 2.05) is 0 Å². The molecular formula is C19H36O6. The lowest BCUT2D eigenvalue weighted by molar-refractivity contribution is -0.262. The van der Waals surface area contributed by atoms with Crippen molar-refractivity contribution in [3.63, 3.8) is 0 Å². The zero-order valence-corrected chi connectivity index (χ0v) is 16.3. The number of carbonyl (C=O) groups is 1. The Labute approximate surface area is 152 Å². The fourth-order valence-electron chi connectivity index (χ4n) is 2.61. The van der Waals surface area contributed by atoms with Crippen LogP contribution in [0.4, 0.5) is 0 Å². The number of ketones is 1. The van der Waals surface area contributed by atoms with E-state index >= 15 is 0 Å². The molecule has 25 heavy (non-hydrogen) atoms. The Hall–Kier alpha value is -0.530. The maximum Gasteiger partial charge on any atom is 0.198 e. The predicted octanol–water partition coefficient (Wildman–Crippen LogP) is 3.11. The molecule has 1 fully saturated rings. The van der Waals surface area contributed by atoms with E-state index in [9.17, 15) is 4.79 Å². The SMILES string of the molecule is CCCCOCC1O[C@@H](OC)[C@@H](OCCCC)C(=O)[C@H]1OCCCC. The van der Waals surface area contributed by atoms with Crippen LogP contribution in [-0.2, 0) is 28.5 Å². The summed E-state index contributed by atoms with van der Waals surface area (Å²) in [6, 6.07) is 0. The van der Waals surface area contributed by atoms with Crippen LogP contribution >= 0.6 is 0 Å². The van der Waals surface area contributed by atoms with Crippen LogP contribution in [0, 0.1) is 0 Å². The molecule has 1 aliphatic rings. The highest BCUT2D eigenvalue weighted by atomic mass is 16.7. The van der Waals surface area contributed by atoms with Crippen molar-refractivity contribution in [1.29, 1.82) is 0 Å². The van der Waals surface area contributed by atoms with Gasteiger partial charge in [-0.05, 0) is 19.3 Å². The van der Waals surface area contributed by atoms with Crippen molar-refractivity contribution >= 4 is 5.78 Å². The topological polar surface area (TPSA) is 63.2 Å². The zero-order chi connectivity index (χ0) is 18.5. The van der Waals surface area contributed by atoms with E-state index in [1.165, 1.54) is 7.11 Å². The number of ether oxygens (including phenoxy) is 5. The van der Waals surface area contributed by atoms with Crippen molar-refractivity contribution in [3.8, 4) is 0 Å². The lowest BCUT2D eigenvalue weighted by atomic mass is 10.0. The molecular weight excluding hydrogens is 324 g/mol. The molecule has 1 heterocycles. The summed E-state index contributed by atoms with van der Waals surface area (Å²) in [5, 5.41) is 0. The Morgan fingerprint density at radius 3 is 2.00 bits per heavy atom. The molecule has 1 saturated heterocycles. The van der Waals surface area contributed by atoms with Gasteiger partial charge in [0.2, 0.25) is 0 Å². The number of rotatable bonds is 14. The van der Waals surface area contributed by atoms with E-state index in [0.29, 0.717) is 26.4 Å². The van der Waals surface area contributed by atoms with E-state index in [1.54, 1.807) is 0 Å². The molecule has 6 heteroatoms. The van der Waals surface area contributed by atoms with Gasteiger partial charge in [-0.3, -0.25) is 4.79 Å². The summed E-state index contributed by atoms with van der Waals surface area (Å²) in [4.78, 5) is 12.9. The van der Waals surface area contributed by atoms with Gasteiger partial charge in [-0.15, -0.1) is 0 Å². The highest BCUT2D eigenvalue weighted by Crippen LogP contribution is 2.24. The van der Waals surface area contributed by atoms with E-state index in [-0.39, 0.29) is 5.78 Å². The van der Waals surface area contributed by atoms with Crippen LogP contribution in [0.3, 0.4) is 0 Å². The van der Waals surface area contributed by atoms with Crippen LogP contribution in [0.1, 0.15) is 59.3 Å². The molecule has 1 unspecified atom stereocenters. The van der Waals surface area contributed by atoms with Gasteiger partial charge in [-0.25, -0.2) is 0 Å². The maximum absolute atomic E-state index is 12.9. The molecule has 1 rings (SSSR count). The van der Waals surface area contributed by atoms with Gasteiger partial charge in [0.25, 0.3) is 0 Å². The van der Waals surface area contributed by atoms with Gasteiger partial charge < -0.3 is 23.7 Å². The summed E-state index contributed by atoms with van der Waals surface area (Å²) in [6.07, 6.45) is 3.29. The van der Waals surface area contributed by atoms with Gasteiger partial charge >= 0.3 is 0 Å². The Morgan fingerprint density at radius 1 is 0.880 bits per heavy atom. The molecule has 0 saturated carbocycles. The van der Waals surface area contributed by atoms with Crippen LogP contribution in [-0.4, -0.2) is 63.9 Å². The van der Waals surface area contributed by atoms with E-state index < -0.39 is 24.6 Å². The van der Waals surface area contributed by atoms with E-state index in [2.05, 4.69) is 20.8 Å². The normalized spacial score (nSPS) is 27.0. The fraction of sp³-hybridized carbons (Fsp3) is 0.947. The monoisotopic (exact) mass is 360 g/mol. The van der Waals surface area contributed by atoms with Crippen molar-refractivity contribution in [2.75, 3.05) is 33.5 Å². The predicted molar refractivity (Wildman–Crippen MR) is 95.7 cm³/mol. The second kappa shape index (κ2) is 13.6. The van der Waals surface area contributed by atoms with Crippen LogP contribution in [0.25, 0.3) is 0 Å². The number of unbranched alkanes of at least 4 members (excludes halogenated alkanes) is 3. The Kier molecular flexibility index (Phi) is 12.3. The number of hydrogen-bond donors (Lipinski definition) is 0. The van der Waals surface area contributed by atoms with Crippen LogP contribution in [0.15, 0.2) is 0 Å². The molecule has 0 N–H and O–H groups in total. The van der Waals surface area contributed by atoms with Crippen LogP contribution in [0.5, 0.6) is 0 Å². The van der Waals surface area contributed by atoms with Gasteiger partial charge in [0.15, 0.2) is 18.2 Å². The molecule has 0 bridgehead atoms. The van der Waals surface area contributed by atoms with Crippen molar-refractivity contribution in [2.45, 2.75) is 83.9 Å². The summed E-state index contributed by atoms with van der Waals surface area (Å²) >= 11 is 0. The van der Waals surface area contributed by atoms with Gasteiger partial charge in [0.05, 0.1) is 6.61 Å². The highest BCUT2D eigenvalue weighted by Gasteiger charge is 2.46. The first kappa shape index (κ1) is 22.5. The van der Waals surface area contributed by atoms with Crippen molar-refractivity contribution in [3.05, 3.63) is 0 Å². The lowest BCUT2D eigenvalue weighted by Gasteiger charge is -2.39. The van der Waals surface area contributed by atoms with E-state index in [4.69, 9.17) is 23.7 Å². The third-order valence-electron chi connectivity index (χ3n) is 4.20. The largest absolute Gasteiger partial charge is 0.379 e. The van der Waals surface area contributed by atoms with Gasteiger partial charge in [0, 0.05) is 26.9 Å². The third kappa shape index (κ3) is 7.71. The smallest absolute Gasteiger partial charge is 0.198 e. The quantitative estimate of drug-likeness (QED) is 0.444. The summed E-state index contributed by atoms with van der Waals surface area (Å²) < 4.78 is 28.6. The van der Waals surface area contributed by atoms with Crippen LogP contribution < -0.4 is 0 Å². The number of Topliss-reactive ketones (excluding diaryl/α,β-unsaturated/α-hetero) is 1. The van der Waals surface area contributed by atoms with Gasteiger partial charge in [0.1, 0.15) is 12.2 Å². The average Bonchev–Trinajstić information content (AvgIpc) is 2.62. The molecule has 4 atom stereocenters. The fourth-order valence-corrected chi connectivity index (χ4v) is 2.61. The van der Waals surface area contributed by atoms with Crippen molar-refractivity contribution in [1.82, 2.24) is 0 Å². The molecule has 0 radical (unpaired) electrons.